The first-order valence-corrected chi connectivity index (χ1v) is 16.1. The van der Waals surface area contributed by atoms with Gasteiger partial charge in [-0.2, -0.15) is 0 Å². The Kier molecular flexibility index (Phi) is 10.8. The van der Waals surface area contributed by atoms with Crippen LogP contribution in [0.1, 0.15) is 78.1 Å². The van der Waals surface area contributed by atoms with Crippen LogP contribution in [0.4, 0.5) is 10.2 Å². The van der Waals surface area contributed by atoms with Gasteiger partial charge in [0.2, 0.25) is 0 Å². The van der Waals surface area contributed by atoms with Gasteiger partial charge in [0.05, 0.1) is 11.2 Å². The maximum Gasteiger partial charge on any atom is 0.282 e. The third-order valence-corrected chi connectivity index (χ3v) is 8.93. The SMILES string of the molecule is CCN(C(=O)c1cc(F)ccc1Oc1nncnc1N1CCC2(C1)CN(C(CCCN(C)CC(C)(C)O)C(C)C)C2)C(C)C. The summed E-state index contributed by atoms with van der Waals surface area (Å²) in [5.41, 5.74) is -0.351. The van der Waals surface area contributed by atoms with Gasteiger partial charge in [0.15, 0.2) is 5.82 Å². The molecule has 1 spiro atoms. The normalized spacial score (nSPS) is 17.5. The van der Waals surface area contributed by atoms with Crippen LogP contribution in [0.5, 0.6) is 11.6 Å². The Morgan fingerprint density at radius 2 is 1.93 bits per heavy atom. The summed E-state index contributed by atoms with van der Waals surface area (Å²) in [7, 11) is 2.08. The molecular weight excluding hydrogens is 561 g/mol. The van der Waals surface area contributed by atoms with Crippen molar-refractivity contribution in [3.8, 4) is 11.6 Å². The number of likely N-dealkylation sites (tertiary alicyclic amines) is 1. The second kappa shape index (κ2) is 14.0. The van der Waals surface area contributed by atoms with E-state index >= 15 is 0 Å². The molecule has 2 aliphatic rings. The number of aliphatic hydroxyl groups is 1. The molecule has 44 heavy (non-hydrogen) atoms. The second-order valence-corrected chi connectivity index (χ2v) is 14.1. The Balaban J connectivity index is 1.41. The number of halogens is 1. The molecule has 0 bridgehead atoms. The van der Waals surface area contributed by atoms with Crippen LogP contribution in [-0.4, -0.2) is 111 Å². The molecule has 2 aromatic rings. The van der Waals surface area contributed by atoms with Gasteiger partial charge in [0, 0.05) is 56.8 Å². The van der Waals surface area contributed by atoms with Gasteiger partial charge in [-0.05, 0) is 91.6 Å². The molecule has 244 valence electrons. The minimum absolute atomic E-state index is 0.0458. The van der Waals surface area contributed by atoms with Crippen molar-refractivity contribution in [2.75, 3.05) is 57.8 Å². The molecular formula is C33H52FN7O3. The Morgan fingerprint density at radius 3 is 2.57 bits per heavy atom. The number of carbonyl (C=O) groups is 1. The van der Waals surface area contributed by atoms with Crippen molar-refractivity contribution in [2.45, 2.75) is 85.4 Å². The number of benzene rings is 1. The summed E-state index contributed by atoms with van der Waals surface area (Å²) in [4.78, 5) is 26.6. The van der Waals surface area contributed by atoms with E-state index in [4.69, 9.17) is 4.74 Å². The van der Waals surface area contributed by atoms with Gasteiger partial charge in [-0.25, -0.2) is 9.37 Å². The van der Waals surface area contributed by atoms with Crippen molar-refractivity contribution in [1.29, 1.82) is 0 Å². The Labute approximate surface area is 262 Å². The predicted molar refractivity (Wildman–Crippen MR) is 171 cm³/mol. The number of amides is 1. The van der Waals surface area contributed by atoms with E-state index in [2.05, 4.69) is 50.8 Å². The van der Waals surface area contributed by atoms with Gasteiger partial charge in [0.1, 0.15) is 17.9 Å². The van der Waals surface area contributed by atoms with Gasteiger partial charge in [0.25, 0.3) is 11.8 Å². The minimum Gasteiger partial charge on any atom is -0.434 e. The summed E-state index contributed by atoms with van der Waals surface area (Å²) in [5, 5.41) is 18.3. The smallest absolute Gasteiger partial charge is 0.282 e. The molecule has 0 aliphatic carbocycles. The van der Waals surface area contributed by atoms with Crippen molar-refractivity contribution in [1.82, 2.24) is 29.9 Å². The summed E-state index contributed by atoms with van der Waals surface area (Å²) in [6.07, 6.45) is 4.69. The second-order valence-electron chi connectivity index (χ2n) is 14.1. The standard InChI is InChI=1S/C33H52FN7O3/c1-9-41(24(4)5)31(42)26-17-25(34)12-13-28(26)44-30-29(35-22-36-37-30)39-16-14-33(19-39)20-40(21-33)27(23(2)3)11-10-15-38(8)18-32(6,7)43/h12-13,17,22-24,27,43H,9-11,14-16,18-21H2,1-8H3. The molecule has 1 aromatic carbocycles. The number of rotatable bonds is 14. The van der Waals surface area contributed by atoms with Crippen LogP contribution >= 0.6 is 0 Å². The van der Waals surface area contributed by atoms with Crippen molar-refractivity contribution in [3.05, 3.63) is 35.9 Å². The lowest BCUT2D eigenvalue weighted by Gasteiger charge is -2.53. The van der Waals surface area contributed by atoms with Gasteiger partial charge >= 0.3 is 0 Å². The number of hydrogen-bond donors (Lipinski definition) is 1. The lowest BCUT2D eigenvalue weighted by Crippen LogP contribution is -2.62. The first-order valence-electron chi connectivity index (χ1n) is 16.1. The van der Waals surface area contributed by atoms with E-state index in [0.29, 0.717) is 30.9 Å². The van der Waals surface area contributed by atoms with Crippen molar-refractivity contribution >= 4 is 11.7 Å². The molecule has 11 heteroatoms. The number of carbonyl (C=O) groups excluding carboxylic acids is 1. The summed E-state index contributed by atoms with van der Waals surface area (Å²) < 4.78 is 20.5. The van der Waals surface area contributed by atoms with Crippen LogP contribution < -0.4 is 9.64 Å². The highest BCUT2D eigenvalue weighted by Gasteiger charge is 2.50. The predicted octanol–water partition coefficient (Wildman–Crippen LogP) is 4.69. The summed E-state index contributed by atoms with van der Waals surface area (Å²) in [5.74, 6) is 0.787. The lowest BCUT2D eigenvalue weighted by atomic mass is 9.76. The van der Waals surface area contributed by atoms with Crippen LogP contribution in [-0.2, 0) is 0 Å². The molecule has 1 atom stereocenters. The molecule has 4 rings (SSSR count). The van der Waals surface area contributed by atoms with Crippen LogP contribution in [0.15, 0.2) is 24.5 Å². The van der Waals surface area contributed by atoms with E-state index < -0.39 is 11.4 Å². The molecule has 2 aliphatic heterocycles. The van der Waals surface area contributed by atoms with Crippen LogP contribution in [0.3, 0.4) is 0 Å². The number of hydrogen-bond acceptors (Lipinski definition) is 9. The zero-order valence-corrected chi connectivity index (χ0v) is 27.9. The van der Waals surface area contributed by atoms with E-state index in [0.717, 1.165) is 52.0 Å². The Hall–Kier alpha value is -2.89. The largest absolute Gasteiger partial charge is 0.434 e. The van der Waals surface area contributed by atoms with Gasteiger partial charge < -0.3 is 24.5 Å². The summed E-state index contributed by atoms with van der Waals surface area (Å²) >= 11 is 0. The van der Waals surface area contributed by atoms with Gasteiger partial charge in [-0.15, -0.1) is 10.2 Å². The van der Waals surface area contributed by atoms with E-state index in [-0.39, 0.29) is 34.6 Å². The summed E-state index contributed by atoms with van der Waals surface area (Å²) in [6, 6.07) is 4.45. The minimum atomic E-state index is -0.683. The number of likely N-dealkylation sites (N-methyl/N-ethyl adjacent to an activating group) is 1. The zero-order chi connectivity index (χ0) is 32.2. The highest BCUT2D eigenvalue weighted by molar-refractivity contribution is 5.97. The van der Waals surface area contributed by atoms with Gasteiger partial charge in [-0.1, -0.05) is 13.8 Å². The van der Waals surface area contributed by atoms with E-state index in [1.807, 2.05) is 34.6 Å². The zero-order valence-electron chi connectivity index (χ0n) is 27.9. The number of nitrogens with zero attached hydrogens (tertiary/aromatic N) is 7. The highest BCUT2D eigenvalue weighted by atomic mass is 19.1. The van der Waals surface area contributed by atoms with Crippen molar-refractivity contribution in [3.63, 3.8) is 0 Å². The fraction of sp³-hybridized carbons (Fsp3) is 0.697. The number of aromatic nitrogens is 3. The quantitative estimate of drug-likeness (QED) is 0.325. The van der Waals surface area contributed by atoms with Crippen LogP contribution in [0.2, 0.25) is 0 Å². The van der Waals surface area contributed by atoms with E-state index in [9.17, 15) is 14.3 Å². The average Bonchev–Trinajstić information content (AvgIpc) is 3.36. The van der Waals surface area contributed by atoms with E-state index in [1.165, 1.54) is 24.5 Å². The maximum atomic E-state index is 14.3. The number of ether oxygens (including phenoxy) is 1. The Morgan fingerprint density at radius 1 is 1.20 bits per heavy atom. The fourth-order valence-electron chi connectivity index (χ4n) is 6.97. The highest BCUT2D eigenvalue weighted by Crippen LogP contribution is 2.44. The van der Waals surface area contributed by atoms with E-state index in [1.54, 1.807) is 4.90 Å². The molecule has 1 amide bonds. The summed E-state index contributed by atoms with van der Waals surface area (Å²) in [6.45, 7) is 20.0. The van der Waals surface area contributed by atoms with Crippen molar-refractivity contribution in [2.24, 2.45) is 11.3 Å². The molecule has 2 saturated heterocycles. The molecule has 0 radical (unpaired) electrons. The first kappa shape index (κ1) is 34.0. The molecule has 1 unspecified atom stereocenters. The van der Waals surface area contributed by atoms with Crippen LogP contribution in [0.25, 0.3) is 0 Å². The molecule has 2 fully saturated rings. The maximum absolute atomic E-state index is 14.3. The third kappa shape index (κ3) is 8.22. The van der Waals surface area contributed by atoms with Crippen molar-refractivity contribution < 1.29 is 19.0 Å². The first-order chi connectivity index (χ1) is 20.7. The molecule has 3 heterocycles. The van der Waals surface area contributed by atoms with Crippen LogP contribution in [0, 0.1) is 17.2 Å². The third-order valence-electron chi connectivity index (χ3n) is 8.93. The fourth-order valence-corrected chi connectivity index (χ4v) is 6.97. The Bertz CT molecular complexity index is 1260. The molecule has 0 saturated carbocycles. The molecule has 10 nitrogen and oxygen atoms in total. The monoisotopic (exact) mass is 613 g/mol. The lowest BCUT2D eigenvalue weighted by molar-refractivity contribution is -0.0349. The topological polar surface area (TPSA) is 98.2 Å². The molecule has 1 aromatic heterocycles. The molecule has 1 N–H and O–H groups in total. The number of anilines is 1. The van der Waals surface area contributed by atoms with Gasteiger partial charge in [-0.3, -0.25) is 9.69 Å². The average molecular weight is 614 g/mol.